The van der Waals surface area contributed by atoms with Crippen molar-refractivity contribution < 1.29 is 18.7 Å². The third-order valence-corrected chi connectivity index (χ3v) is 5.46. The first kappa shape index (κ1) is 13.7. The molecular formula is C16H16F2N2O2. The van der Waals surface area contributed by atoms with E-state index in [1.807, 2.05) is 4.57 Å². The molecule has 5 atom stereocenters. The van der Waals surface area contributed by atoms with Gasteiger partial charge in [0.1, 0.15) is 0 Å². The highest BCUT2D eigenvalue weighted by atomic mass is 19.2. The van der Waals surface area contributed by atoms with Crippen molar-refractivity contribution in [1.29, 1.82) is 0 Å². The Hall–Kier alpha value is -1.98. The van der Waals surface area contributed by atoms with Crippen LogP contribution in [0.1, 0.15) is 25.8 Å². The minimum absolute atomic E-state index is 0.196. The van der Waals surface area contributed by atoms with Gasteiger partial charge in [-0.2, -0.15) is 0 Å². The first-order valence-corrected chi connectivity index (χ1v) is 7.51. The predicted molar refractivity (Wildman–Crippen MR) is 75.2 cm³/mol. The number of halogens is 2. The number of hydrogen-bond donors (Lipinski definition) is 1. The summed E-state index contributed by atoms with van der Waals surface area (Å²) in [5.41, 5.74) is 1.06. The van der Waals surface area contributed by atoms with E-state index < -0.39 is 17.6 Å². The van der Waals surface area contributed by atoms with E-state index in [1.54, 1.807) is 13.3 Å². The number of hydrogen-bond acceptors (Lipinski definition) is 2. The van der Waals surface area contributed by atoms with Crippen LogP contribution in [0.15, 0.2) is 18.5 Å². The van der Waals surface area contributed by atoms with Gasteiger partial charge in [-0.05, 0) is 30.6 Å². The van der Waals surface area contributed by atoms with Crippen LogP contribution in [0.4, 0.5) is 8.78 Å². The molecule has 1 aromatic heterocycles. The van der Waals surface area contributed by atoms with Crippen LogP contribution in [0.25, 0.3) is 11.0 Å². The zero-order chi connectivity index (χ0) is 15.6. The Morgan fingerprint density at radius 3 is 2.59 bits per heavy atom. The highest BCUT2D eigenvalue weighted by Gasteiger charge is 2.59. The van der Waals surface area contributed by atoms with Gasteiger partial charge in [0.05, 0.1) is 23.3 Å². The Morgan fingerprint density at radius 1 is 1.32 bits per heavy atom. The van der Waals surface area contributed by atoms with Crippen molar-refractivity contribution in [3.8, 4) is 0 Å². The van der Waals surface area contributed by atoms with E-state index in [9.17, 15) is 13.6 Å². The van der Waals surface area contributed by atoms with Gasteiger partial charge < -0.3 is 9.67 Å². The molecule has 2 unspecified atom stereocenters. The summed E-state index contributed by atoms with van der Waals surface area (Å²) >= 11 is 0. The van der Waals surface area contributed by atoms with Gasteiger partial charge in [0, 0.05) is 18.2 Å². The van der Waals surface area contributed by atoms with Crippen LogP contribution in [0.5, 0.6) is 0 Å². The van der Waals surface area contributed by atoms with E-state index in [0.717, 1.165) is 18.9 Å². The van der Waals surface area contributed by atoms with Gasteiger partial charge in [0.2, 0.25) is 0 Å². The zero-order valence-corrected chi connectivity index (χ0v) is 12.0. The number of benzene rings is 1. The second-order valence-electron chi connectivity index (χ2n) is 6.56. The first-order chi connectivity index (χ1) is 10.5. The largest absolute Gasteiger partial charge is 0.481 e. The summed E-state index contributed by atoms with van der Waals surface area (Å²) in [5, 5.41) is 9.10. The maximum Gasteiger partial charge on any atom is 0.306 e. The van der Waals surface area contributed by atoms with E-state index in [-0.39, 0.29) is 17.9 Å². The second kappa shape index (κ2) is 4.51. The Kier molecular flexibility index (Phi) is 2.80. The van der Waals surface area contributed by atoms with Gasteiger partial charge in [0.15, 0.2) is 11.6 Å². The molecule has 0 aliphatic heterocycles. The molecule has 22 heavy (non-hydrogen) atoms. The lowest BCUT2D eigenvalue weighted by Crippen LogP contribution is -2.17. The predicted octanol–water partition coefficient (Wildman–Crippen LogP) is 3.23. The van der Waals surface area contributed by atoms with Crippen molar-refractivity contribution >= 4 is 17.0 Å². The van der Waals surface area contributed by atoms with Gasteiger partial charge in [-0.25, -0.2) is 13.8 Å². The molecule has 1 aromatic carbocycles. The number of aliphatic carboxylic acids is 1. The fraction of sp³-hybridized carbons (Fsp3) is 0.500. The Morgan fingerprint density at radius 2 is 1.95 bits per heavy atom. The highest BCUT2D eigenvalue weighted by molar-refractivity contribution is 5.75. The lowest BCUT2D eigenvalue weighted by molar-refractivity contribution is -0.142. The molecule has 0 saturated heterocycles. The normalized spacial score (nSPS) is 31.2. The lowest BCUT2D eigenvalue weighted by Gasteiger charge is -2.18. The molecule has 2 aliphatic rings. The maximum atomic E-state index is 13.5. The molecule has 2 fully saturated rings. The van der Waals surface area contributed by atoms with Crippen molar-refractivity contribution in [2.45, 2.75) is 25.8 Å². The average Bonchev–Trinajstić information content (AvgIpc) is 2.84. The molecule has 2 aromatic rings. The molecule has 1 heterocycles. The Labute approximate surface area is 125 Å². The van der Waals surface area contributed by atoms with E-state index in [0.29, 0.717) is 22.9 Å². The summed E-state index contributed by atoms with van der Waals surface area (Å²) in [5.74, 6) is -1.67. The van der Waals surface area contributed by atoms with E-state index in [4.69, 9.17) is 5.11 Å². The summed E-state index contributed by atoms with van der Waals surface area (Å²) in [6.07, 6.45) is 3.41. The van der Waals surface area contributed by atoms with Crippen LogP contribution >= 0.6 is 0 Å². The topological polar surface area (TPSA) is 55.1 Å². The Bertz CT molecular complexity index is 761. The molecule has 4 rings (SSSR count). The fourth-order valence-electron chi connectivity index (χ4n) is 4.31. The molecule has 0 bridgehead atoms. The summed E-state index contributed by atoms with van der Waals surface area (Å²) in [6, 6.07) is 2.51. The molecule has 0 spiro atoms. The molecule has 2 saturated carbocycles. The van der Waals surface area contributed by atoms with Gasteiger partial charge >= 0.3 is 5.97 Å². The summed E-state index contributed by atoms with van der Waals surface area (Å²) in [7, 11) is 0. The van der Waals surface area contributed by atoms with E-state index in [1.165, 1.54) is 6.07 Å². The molecule has 6 heteroatoms. The third-order valence-electron chi connectivity index (χ3n) is 5.46. The monoisotopic (exact) mass is 306 g/mol. The number of fused-ring (bicyclic) bond motifs is 2. The van der Waals surface area contributed by atoms with Crippen molar-refractivity contribution in [3.63, 3.8) is 0 Å². The smallest absolute Gasteiger partial charge is 0.306 e. The summed E-state index contributed by atoms with van der Waals surface area (Å²) < 4.78 is 28.6. The zero-order valence-electron chi connectivity index (χ0n) is 12.0. The van der Waals surface area contributed by atoms with Gasteiger partial charge in [-0.1, -0.05) is 6.92 Å². The van der Waals surface area contributed by atoms with Crippen molar-refractivity contribution in [2.75, 3.05) is 0 Å². The summed E-state index contributed by atoms with van der Waals surface area (Å²) in [4.78, 5) is 15.2. The Balaban J connectivity index is 1.57. The minimum atomic E-state index is -0.887. The fourth-order valence-corrected chi connectivity index (χ4v) is 4.31. The highest BCUT2D eigenvalue weighted by Crippen LogP contribution is 2.63. The van der Waals surface area contributed by atoms with E-state index in [2.05, 4.69) is 4.98 Å². The average molecular weight is 306 g/mol. The van der Waals surface area contributed by atoms with Crippen molar-refractivity contribution in [2.24, 2.45) is 23.7 Å². The molecule has 1 N–H and O–H groups in total. The first-order valence-electron chi connectivity index (χ1n) is 7.51. The van der Waals surface area contributed by atoms with Gasteiger partial charge in [-0.15, -0.1) is 0 Å². The number of rotatable bonds is 3. The molecule has 116 valence electrons. The standard InChI is InChI=1S/C16H16F2N2O2/c1-7(16(21)22)15-9-2-8(3-10(9)15)20-6-19-13-4-11(17)12(18)5-14(13)20/h4-10,15H,2-3H2,1H3,(H,21,22)/t7?,8?,9-,10+,15+. The lowest BCUT2D eigenvalue weighted by atomic mass is 9.97. The second-order valence-corrected chi connectivity index (χ2v) is 6.56. The number of carbonyl (C=O) groups is 1. The van der Waals surface area contributed by atoms with Crippen LogP contribution in [0.2, 0.25) is 0 Å². The van der Waals surface area contributed by atoms with Crippen molar-refractivity contribution in [1.82, 2.24) is 9.55 Å². The molecule has 2 aliphatic carbocycles. The van der Waals surface area contributed by atoms with Crippen LogP contribution in [-0.4, -0.2) is 20.6 Å². The number of carboxylic acid groups (broad SMARTS) is 1. The summed E-state index contributed by atoms with van der Waals surface area (Å²) in [6.45, 7) is 1.77. The SMILES string of the molecule is CC(C(=O)O)[C@H]1[C@@H]2CC(n3cnc4cc(F)c(F)cc43)C[C@@H]21. The van der Waals surface area contributed by atoms with Crippen LogP contribution < -0.4 is 0 Å². The molecule has 0 radical (unpaired) electrons. The van der Waals surface area contributed by atoms with Gasteiger partial charge in [0.25, 0.3) is 0 Å². The number of carboxylic acids is 1. The number of nitrogens with zero attached hydrogens (tertiary/aromatic N) is 2. The van der Waals surface area contributed by atoms with Crippen LogP contribution in [0.3, 0.4) is 0 Å². The van der Waals surface area contributed by atoms with Crippen LogP contribution in [-0.2, 0) is 4.79 Å². The number of imidazole rings is 1. The maximum absolute atomic E-state index is 13.5. The minimum Gasteiger partial charge on any atom is -0.481 e. The quantitative estimate of drug-likeness (QED) is 0.947. The van der Waals surface area contributed by atoms with Gasteiger partial charge in [-0.3, -0.25) is 4.79 Å². The van der Waals surface area contributed by atoms with Crippen LogP contribution in [0, 0.1) is 35.3 Å². The van der Waals surface area contributed by atoms with Crippen molar-refractivity contribution in [3.05, 3.63) is 30.1 Å². The number of aromatic nitrogens is 2. The third kappa shape index (κ3) is 1.86. The van der Waals surface area contributed by atoms with E-state index >= 15 is 0 Å². The molecule has 4 nitrogen and oxygen atoms in total. The molecule has 0 amide bonds. The molecular weight excluding hydrogens is 290 g/mol.